The number of nitrogens with zero attached hydrogens (tertiary/aromatic N) is 1. The monoisotopic (exact) mass is 184 g/mol. The highest BCUT2D eigenvalue weighted by Crippen LogP contribution is 2.26. The highest BCUT2D eigenvalue weighted by atomic mass is 19.4. The second-order valence-corrected chi connectivity index (χ2v) is 2.87. The van der Waals surface area contributed by atoms with Gasteiger partial charge in [-0.2, -0.15) is 13.2 Å². The van der Waals surface area contributed by atoms with E-state index in [0.29, 0.717) is 0 Å². The van der Waals surface area contributed by atoms with Crippen molar-refractivity contribution in [2.45, 2.75) is 25.2 Å². The fraction of sp³-hybridized carbons (Fsp3) is 0.833. The summed E-state index contributed by atoms with van der Waals surface area (Å²) >= 11 is 0. The maximum atomic E-state index is 11.8. The maximum absolute atomic E-state index is 11.8. The minimum Gasteiger partial charge on any atom is -0.330 e. The molecule has 0 saturated carbocycles. The second-order valence-electron chi connectivity index (χ2n) is 2.87. The molecule has 0 fully saturated rings. The fourth-order valence-corrected chi connectivity index (χ4v) is 0.651. The van der Waals surface area contributed by atoms with Gasteiger partial charge in [0.1, 0.15) is 0 Å². The van der Waals surface area contributed by atoms with Gasteiger partial charge in [-0.25, -0.2) is 0 Å². The van der Waals surface area contributed by atoms with Crippen molar-refractivity contribution >= 4 is 6.41 Å². The molecule has 72 valence electrons. The molecule has 0 aliphatic rings. The summed E-state index contributed by atoms with van der Waals surface area (Å²) in [6, 6.07) is 0. The standard InChI is InChI=1S/C6H11F3N2O/c1-5(10,11(2)4-12)3-6(7,8)9/h4H,3,10H2,1-2H3. The van der Waals surface area contributed by atoms with Crippen LogP contribution in [-0.2, 0) is 4.79 Å². The molecule has 0 spiro atoms. The van der Waals surface area contributed by atoms with Gasteiger partial charge in [0, 0.05) is 7.05 Å². The molecular weight excluding hydrogens is 173 g/mol. The Morgan fingerprint density at radius 1 is 1.50 bits per heavy atom. The van der Waals surface area contributed by atoms with E-state index in [0.717, 1.165) is 11.8 Å². The van der Waals surface area contributed by atoms with E-state index in [2.05, 4.69) is 0 Å². The number of carbonyl (C=O) groups is 1. The average Bonchev–Trinajstić information content (AvgIpc) is 1.80. The molecule has 0 aromatic rings. The minimum atomic E-state index is -4.36. The first kappa shape index (κ1) is 11.2. The van der Waals surface area contributed by atoms with Crippen molar-refractivity contribution in [3.63, 3.8) is 0 Å². The Morgan fingerprint density at radius 3 is 2.17 bits per heavy atom. The Labute approximate surface area is 68.3 Å². The van der Waals surface area contributed by atoms with Crippen LogP contribution in [0.5, 0.6) is 0 Å². The lowest BCUT2D eigenvalue weighted by Gasteiger charge is -2.32. The van der Waals surface area contributed by atoms with Gasteiger partial charge < -0.3 is 10.6 Å². The predicted octanol–water partition coefficient (Wildman–Crippen LogP) is 0.702. The van der Waals surface area contributed by atoms with Crippen molar-refractivity contribution in [3.05, 3.63) is 0 Å². The number of rotatable bonds is 3. The van der Waals surface area contributed by atoms with E-state index in [1.165, 1.54) is 7.05 Å². The highest BCUT2D eigenvalue weighted by molar-refractivity contribution is 5.47. The van der Waals surface area contributed by atoms with Gasteiger partial charge in [-0.05, 0) is 6.92 Å². The van der Waals surface area contributed by atoms with Crippen LogP contribution in [0.25, 0.3) is 0 Å². The molecule has 0 radical (unpaired) electrons. The topological polar surface area (TPSA) is 46.3 Å². The van der Waals surface area contributed by atoms with Crippen molar-refractivity contribution < 1.29 is 18.0 Å². The number of amides is 1. The van der Waals surface area contributed by atoms with Crippen LogP contribution in [-0.4, -0.2) is 30.2 Å². The summed E-state index contributed by atoms with van der Waals surface area (Å²) in [5, 5.41) is 0. The quantitative estimate of drug-likeness (QED) is 0.518. The minimum absolute atomic E-state index is 0.270. The number of nitrogens with two attached hydrogens (primary N) is 1. The number of hydrogen-bond acceptors (Lipinski definition) is 2. The summed E-state index contributed by atoms with van der Waals surface area (Å²) in [6.07, 6.45) is -5.30. The zero-order valence-corrected chi connectivity index (χ0v) is 6.85. The molecule has 0 aliphatic carbocycles. The number of carbonyl (C=O) groups excluding carboxylic acids is 1. The van der Waals surface area contributed by atoms with E-state index < -0.39 is 18.3 Å². The molecule has 6 heteroatoms. The van der Waals surface area contributed by atoms with E-state index in [9.17, 15) is 18.0 Å². The molecule has 0 aromatic carbocycles. The zero-order chi connectivity index (χ0) is 9.99. The Kier molecular flexibility index (Phi) is 3.09. The Hall–Kier alpha value is -0.780. The lowest BCUT2D eigenvalue weighted by atomic mass is 10.1. The van der Waals surface area contributed by atoms with Crippen molar-refractivity contribution in [2.75, 3.05) is 7.05 Å². The summed E-state index contributed by atoms with van der Waals surface area (Å²) in [6.45, 7) is 1.15. The van der Waals surface area contributed by atoms with E-state index in [-0.39, 0.29) is 6.41 Å². The highest BCUT2D eigenvalue weighted by Gasteiger charge is 2.39. The molecule has 1 unspecified atom stereocenters. The molecule has 0 rings (SSSR count). The molecular formula is C6H11F3N2O. The number of alkyl halides is 3. The van der Waals surface area contributed by atoms with E-state index in [1.807, 2.05) is 0 Å². The second kappa shape index (κ2) is 3.30. The van der Waals surface area contributed by atoms with Crippen molar-refractivity contribution in [2.24, 2.45) is 5.73 Å². The van der Waals surface area contributed by atoms with Crippen LogP contribution in [0.3, 0.4) is 0 Å². The van der Waals surface area contributed by atoms with Crippen molar-refractivity contribution in [3.8, 4) is 0 Å². The SMILES string of the molecule is CN(C=O)C(C)(N)CC(F)(F)F. The Bertz CT molecular complexity index is 167. The van der Waals surface area contributed by atoms with Crippen molar-refractivity contribution in [1.29, 1.82) is 0 Å². The van der Waals surface area contributed by atoms with Crippen LogP contribution in [0, 0.1) is 0 Å². The molecule has 0 heterocycles. The van der Waals surface area contributed by atoms with E-state index in [1.54, 1.807) is 0 Å². The van der Waals surface area contributed by atoms with Crippen molar-refractivity contribution in [1.82, 2.24) is 4.90 Å². The van der Waals surface area contributed by atoms with Gasteiger partial charge in [-0.3, -0.25) is 4.79 Å². The number of hydrogen-bond donors (Lipinski definition) is 1. The van der Waals surface area contributed by atoms with Crippen LogP contribution in [0.15, 0.2) is 0 Å². The first-order valence-corrected chi connectivity index (χ1v) is 3.23. The summed E-state index contributed by atoms with van der Waals surface area (Å²) in [5.74, 6) is 0. The predicted molar refractivity (Wildman–Crippen MR) is 37.1 cm³/mol. The average molecular weight is 184 g/mol. The molecule has 0 aliphatic heterocycles. The zero-order valence-electron chi connectivity index (χ0n) is 6.85. The van der Waals surface area contributed by atoms with Crippen LogP contribution in [0.2, 0.25) is 0 Å². The fourth-order valence-electron chi connectivity index (χ4n) is 0.651. The normalized spacial score (nSPS) is 16.8. The lowest BCUT2D eigenvalue weighted by Crippen LogP contribution is -2.53. The number of halogens is 3. The summed E-state index contributed by atoms with van der Waals surface area (Å²) < 4.78 is 35.5. The van der Waals surface area contributed by atoms with Crippen LogP contribution < -0.4 is 5.73 Å². The van der Waals surface area contributed by atoms with Gasteiger partial charge in [0.25, 0.3) is 0 Å². The van der Waals surface area contributed by atoms with Crippen LogP contribution in [0.1, 0.15) is 13.3 Å². The Morgan fingerprint density at radius 2 is 1.92 bits per heavy atom. The third-order valence-electron chi connectivity index (χ3n) is 1.52. The summed E-state index contributed by atoms with van der Waals surface area (Å²) in [5.41, 5.74) is 3.56. The lowest BCUT2D eigenvalue weighted by molar-refractivity contribution is -0.161. The molecule has 12 heavy (non-hydrogen) atoms. The van der Waals surface area contributed by atoms with Gasteiger partial charge >= 0.3 is 6.18 Å². The molecule has 0 bridgehead atoms. The van der Waals surface area contributed by atoms with E-state index in [4.69, 9.17) is 5.73 Å². The van der Waals surface area contributed by atoms with Crippen LogP contribution in [0.4, 0.5) is 13.2 Å². The van der Waals surface area contributed by atoms with E-state index >= 15 is 0 Å². The molecule has 1 atom stereocenters. The first-order chi connectivity index (χ1) is 5.19. The third-order valence-corrected chi connectivity index (χ3v) is 1.52. The first-order valence-electron chi connectivity index (χ1n) is 3.23. The Balaban J connectivity index is 4.31. The largest absolute Gasteiger partial charge is 0.392 e. The molecule has 0 saturated heterocycles. The smallest absolute Gasteiger partial charge is 0.330 e. The van der Waals surface area contributed by atoms with Gasteiger partial charge in [0.15, 0.2) is 0 Å². The molecule has 2 N–H and O–H groups in total. The third kappa shape index (κ3) is 3.56. The summed E-state index contributed by atoms with van der Waals surface area (Å²) in [7, 11) is 1.21. The maximum Gasteiger partial charge on any atom is 0.392 e. The molecule has 3 nitrogen and oxygen atoms in total. The molecule has 1 amide bonds. The van der Waals surface area contributed by atoms with Gasteiger partial charge in [-0.15, -0.1) is 0 Å². The summed E-state index contributed by atoms with van der Waals surface area (Å²) in [4.78, 5) is 10.9. The van der Waals surface area contributed by atoms with Crippen LogP contribution >= 0.6 is 0 Å². The molecule has 0 aromatic heterocycles. The van der Waals surface area contributed by atoms with Gasteiger partial charge in [0.2, 0.25) is 6.41 Å². The van der Waals surface area contributed by atoms with Gasteiger partial charge in [0.05, 0.1) is 12.1 Å². The van der Waals surface area contributed by atoms with Gasteiger partial charge in [-0.1, -0.05) is 0 Å².